The Balaban J connectivity index is 0.00000180. The van der Waals surface area contributed by atoms with Gasteiger partial charge in [-0.3, -0.25) is 0 Å². The van der Waals surface area contributed by atoms with Gasteiger partial charge in [-0.1, -0.05) is 41.9 Å². The molecule has 0 heterocycles. The number of aromatic hydroxyl groups is 1. The molecule has 0 bridgehead atoms. The van der Waals surface area contributed by atoms with Gasteiger partial charge in [-0.2, -0.15) is 0 Å². The van der Waals surface area contributed by atoms with Gasteiger partial charge in [0.2, 0.25) is 0 Å². The van der Waals surface area contributed by atoms with Crippen molar-refractivity contribution in [2.75, 3.05) is 0 Å². The molecule has 2 rings (SSSR count). The van der Waals surface area contributed by atoms with Crippen molar-refractivity contribution in [2.45, 2.75) is 6.61 Å². The first-order valence-electron chi connectivity index (χ1n) is 5.37. The number of ether oxygens (including phenoxy) is 1. The molecular weight excluding hydrogens is 370 g/mol. The molecule has 1 N–H and O–H groups in total. The van der Waals surface area contributed by atoms with Gasteiger partial charge in [0, 0.05) is 10.6 Å². The number of rotatable bonds is 3. The Hall–Kier alpha value is -1.20. The van der Waals surface area contributed by atoms with Gasteiger partial charge in [-0.25, -0.2) is 4.79 Å². The molecular formula is C14H13ClO3Sn. The Morgan fingerprint density at radius 3 is 2.42 bits per heavy atom. The molecule has 98 valence electrons. The van der Waals surface area contributed by atoms with E-state index in [-0.39, 0.29) is 41.8 Å². The van der Waals surface area contributed by atoms with E-state index in [0.717, 1.165) is 5.56 Å². The van der Waals surface area contributed by atoms with Crippen molar-refractivity contribution in [3.8, 4) is 5.75 Å². The van der Waals surface area contributed by atoms with E-state index in [2.05, 4.69) is 0 Å². The summed E-state index contributed by atoms with van der Waals surface area (Å²) in [5.41, 5.74) is 0.868. The molecule has 0 unspecified atom stereocenters. The maximum atomic E-state index is 11.7. The van der Waals surface area contributed by atoms with Crippen LogP contribution in [-0.2, 0) is 11.3 Å². The van der Waals surface area contributed by atoms with E-state index < -0.39 is 5.97 Å². The summed E-state index contributed by atoms with van der Waals surface area (Å²) in [6.45, 7) is 0.0762. The summed E-state index contributed by atoms with van der Waals surface area (Å²) >= 11 is 5.94. The van der Waals surface area contributed by atoms with Gasteiger partial charge in [0.05, 0.1) is 0 Å². The molecule has 0 aliphatic rings. The molecule has 0 aliphatic heterocycles. The van der Waals surface area contributed by atoms with Gasteiger partial charge in [0.15, 0.2) is 0 Å². The van der Waals surface area contributed by atoms with Crippen LogP contribution in [0, 0.1) is 0 Å². The van der Waals surface area contributed by atoms with Crippen LogP contribution in [0.1, 0.15) is 15.9 Å². The Morgan fingerprint density at radius 1 is 1.11 bits per heavy atom. The quantitative estimate of drug-likeness (QED) is 0.654. The van der Waals surface area contributed by atoms with Gasteiger partial charge in [0.1, 0.15) is 17.9 Å². The Kier molecular flexibility index (Phi) is 6.18. The van der Waals surface area contributed by atoms with E-state index in [1.165, 1.54) is 12.1 Å². The van der Waals surface area contributed by atoms with Gasteiger partial charge in [-0.05, 0) is 18.2 Å². The van der Waals surface area contributed by atoms with Gasteiger partial charge < -0.3 is 9.84 Å². The van der Waals surface area contributed by atoms with Crippen molar-refractivity contribution in [1.82, 2.24) is 0 Å². The summed E-state index contributed by atoms with van der Waals surface area (Å²) in [6.07, 6.45) is 0. The first kappa shape index (κ1) is 15.9. The summed E-state index contributed by atoms with van der Waals surface area (Å²) in [5.74, 6) is -0.672. The van der Waals surface area contributed by atoms with Crippen LogP contribution in [0.15, 0.2) is 48.5 Å². The van der Waals surface area contributed by atoms with E-state index >= 15 is 0 Å². The minimum atomic E-state index is -0.576. The van der Waals surface area contributed by atoms with Crippen LogP contribution in [0.4, 0.5) is 0 Å². The van der Waals surface area contributed by atoms with E-state index in [0.29, 0.717) is 5.02 Å². The molecule has 0 aromatic heterocycles. The normalized spacial score (nSPS) is 9.53. The molecule has 0 amide bonds. The third-order valence-corrected chi connectivity index (χ3v) is 2.81. The number of benzene rings is 2. The average Bonchev–Trinajstić information content (AvgIpc) is 2.38. The van der Waals surface area contributed by atoms with Crippen LogP contribution in [0.3, 0.4) is 0 Å². The summed E-state index contributed by atoms with van der Waals surface area (Å²) in [5, 5.41) is 10.0. The number of hydrogen-bond acceptors (Lipinski definition) is 3. The van der Waals surface area contributed by atoms with Crippen molar-refractivity contribution >= 4 is 41.5 Å². The summed E-state index contributed by atoms with van der Waals surface area (Å²) in [4.78, 5) is 11.7. The monoisotopic (exact) mass is 384 g/mol. The molecule has 2 aromatic carbocycles. The third kappa shape index (κ3) is 4.14. The fraction of sp³-hybridized carbons (Fsp3) is 0.0714. The fourth-order valence-corrected chi connectivity index (χ4v) is 1.67. The van der Waals surface area contributed by atoms with E-state index in [1.807, 2.05) is 6.07 Å². The second kappa shape index (κ2) is 7.40. The molecule has 2 aromatic rings. The van der Waals surface area contributed by atoms with Crippen molar-refractivity contribution in [1.29, 1.82) is 0 Å². The third-order valence-electron chi connectivity index (χ3n) is 2.44. The van der Waals surface area contributed by atoms with Crippen LogP contribution in [0.25, 0.3) is 0 Å². The Bertz CT molecular complexity index is 572. The number of hydrogen-bond donors (Lipinski definition) is 1. The number of halogens is 1. The molecule has 0 saturated heterocycles. The Labute approximate surface area is 133 Å². The Morgan fingerprint density at radius 2 is 1.74 bits per heavy atom. The van der Waals surface area contributed by atoms with Crippen molar-refractivity contribution < 1.29 is 14.6 Å². The number of phenolic OH excluding ortho intramolecular Hbond substituents is 1. The summed E-state index contributed by atoms with van der Waals surface area (Å²) in [6, 6.07) is 13.4. The molecule has 0 atom stereocenters. The van der Waals surface area contributed by atoms with Gasteiger partial charge in [-0.15, -0.1) is 0 Å². The average molecular weight is 383 g/mol. The van der Waals surface area contributed by atoms with Crippen molar-refractivity contribution in [3.63, 3.8) is 0 Å². The second-order valence-electron chi connectivity index (χ2n) is 3.68. The SMILES string of the molecule is O=C(OCc1ccccc1Cl)c1ccccc1O.[SnH2]. The topological polar surface area (TPSA) is 46.5 Å². The zero-order chi connectivity index (χ0) is 13.0. The minimum absolute atomic E-state index is 0. The predicted octanol–water partition coefficient (Wildman–Crippen LogP) is 2.49. The summed E-state index contributed by atoms with van der Waals surface area (Å²) in [7, 11) is 0. The molecule has 0 aliphatic carbocycles. The van der Waals surface area contributed by atoms with E-state index in [1.54, 1.807) is 30.3 Å². The van der Waals surface area contributed by atoms with Crippen LogP contribution >= 0.6 is 11.6 Å². The molecule has 3 nitrogen and oxygen atoms in total. The maximum absolute atomic E-state index is 11.7. The van der Waals surface area contributed by atoms with Crippen LogP contribution < -0.4 is 0 Å². The number of carbonyl (C=O) groups excluding carboxylic acids is 1. The van der Waals surface area contributed by atoms with Crippen LogP contribution in [0.5, 0.6) is 5.75 Å². The molecule has 0 spiro atoms. The van der Waals surface area contributed by atoms with Crippen molar-refractivity contribution in [2.24, 2.45) is 0 Å². The van der Waals surface area contributed by atoms with E-state index in [4.69, 9.17) is 16.3 Å². The zero-order valence-electron chi connectivity index (χ0n) is 10.2. The van der Waals surface area contributed by atoms with Crippen LogP contribution in [-0.4, -0.2) is 35.0 Å². The number of esters is 1. The van der Waals surface area contributed by atoms with E-state index in [9.17, 15) is 9.90 Å². The number of carbonyl (C=O) groups is 1. The number of para-hydroxylation sites is 1. The predicted molar refractivity (Wildman–Crippen MR) is 77.2 cm³/mol. The first-order valence-corrected chi connectivity index (χ1v) is 5.75. The molecule has 2 radical (unpaired) electrons. The van der Waals surface area contributed by atoms with Gasteiger partial charge in [0.25, 0.3) is 0 Å². The second-order valence-corrected chi connectivity index (χ2v) is 4.09. The molecule has 0 fully saturated rings. The standard InChI is InChI=1S/C14H11ClO3.Sn.2H/c15-12-7-3-1-5-10(12)9-18-14(17)11-6-2-4-8-13(11)16;;;/h1-8,16H,9H2;;;. The zero-order valence-corrected chi connectivity index (χ0v) is 15.0. The van der Waals surface area contributed by atoms with Crippen molar-refractivity contribution in [3.05, 3.63) is 64.7 Å². The summed E-state index contributed by atoms with van der Waals surface area (Å²) < 4.78 is 5.09. The van der Waals surface area contributed by atoms with Crippen LogP contribution in [0.2, 0.25) is 5.02 Å². The first-order chi connectivity index (χ1) is 8.68. The molecule has 0 saturated carbocycles. The molecule has 19 heavy (non-hydrogen) atoms. The molecule has 5 heteroatoms. The van der Waals surface area contributed by atoms with Gasteiger partial charge >= 0.3 is 29.9 Å². The number of phenols is 1. The fourth-order valence-electron chi connectivity index (χ4n) is 1.48.